The molecule has 0 radical (unpaired) electrons. The van der Waals surface area contributed by atoms with Crippen LogP contribution in [0.3, 0.4) is 0 Å². The summed E-state index contributed by atoms with van der Waals surface area (Å²) in [4.78, 5) is 8.89. The van der Waals surface area contributed by atoms with E-state index in [0.29, 0.717) is 12.1 Å². The summed E-state index contributed by atoms with van der Waals surface area (Å²) < 4.78 is 0. The maximum atomic E-state index is 4.44. The Labute approximate surface area is 74.8 Å². The van der Waals surface area contributed by atoms with Gasteiger partial charge < -0.3 is 0 Å². The van der Waals surface area contributed by atoms with Crippen molar-refractivity contribution in [2.45, 2.75) is 51.6 Å². The van der Waals surface area contributed by atoms with Gasteiger partial charge in [-0.25, -0.2) is 0 Å². The van der Waals surface area contributed by atoms with Gasteiger partial charge in [-0.3, -0.25) is 9.98 Å². The highest BCUT2D eigenvalue weighted by molar-refractivity contribution is 5.55. The van der Waals surface area contributed by atoms with Crippen LogP contribution in [0.15, 0.2) is 9.98 Å². The van der Waals surface area contributed by atoms with Crippen molar-refractivity contribution >= 4 is 12.4 Å². The lowest BCUT2D eigenvalue weighted by Gasteiger charge is -2.25. The Morgan fingerprint density at radius 3 is 1.67 bits per heavy atom. The zero-order chi connectivity index (χ0) is 8.81. The second-order valence-electron chi connectivity index (χ2n) is 3.23. The van der Waals surface area contributed by atoms with Crippen molar-refractivity contribution in [2.75, 3.05) is 0 Å². The number of rotatable bonds is 2. The van der Waals surface area contributed by atoms with Crippen molar-refractivity contribution in [3.8, 4) is 0 Å². The monoisotopic (exact) mass is 166 g/mol. The molecule has 2 heteroatoms. The first kappa shape index (κ1) is 9.43. The van der Waals surface area contributed by atoms with E-state index >= 15 is 0 Å². The highest BCUT2D eigenvalue weighted by Gasteiger charge is 2.22. The summed E-state index contributed by atoms with van der Waals surface area (Å²) in [5.41, 5.74) is 0. The number of aliphatic imine (C=N–C) groups is 2. The third-order valence-electron chi connectivity index (χ3n) is 2.38. The van der Waals surface area contributed by atoms with Gasteiger partial charge in [0.25, 0.3) is 0 Å². The molecule has 0 N–H and O–H groups in total. The van der Waals surface area contributed by atoms with E-state index in [0.717, 1.165) is 0 Å². The van der Waals surface area contributed by atoms with Crippen molar-refractivity contribution in [1.29, 1.82) is 0 Å². The number of hydrogen-bond donors (Lipinski definition) is 0. The summed E-state index contributed by atoms with van der Waals surface area (Å²) in [6.45, 7) is 3.97. The van der Waals surface area contributed by atoms with Crippen LogP contribution < -0.4 is 0 Å². The molecular weight excluding hydrogens is 148 g/mol. The second kappa shape index (κ2) is 5.07. The topological polar surface area (TPSA) is 24.7 Å². The van der Waals surface area contributed by atoms with Gasteiger partial charge in [0.05, 0.1) is 12.1 Å². The lowest BCUT2D eigenvalue weighted by atomic mass is 9.91. The Hall–Kier alpha value is -0.660. The Balaban J connectivity index is 2.53. The van der Waals surface area contributed by atoms with E-state index in [1.807, 2.05) is 26.3 Å². The SMILES string of the molecule is C/C=N/[C@@H]1CCCC[C@H]1/N=C/C. The molecule has 0 spiro atoms. The molecule has 2 atom stereocenters. The molecule has 2 nitrogen and oxygen atoms in total. The molecule has 1 saturated carbocycles. The van der Waals surface area contributed by atoms with Crippen LogP contribution in [0.4, 0.5) is 0 Å². The van der Waals surface area contributed by atoms with E-state index in [-0.39, 0.29) is 0 Å². The maximum Gasteiger partial charge on any atom is 0.0718 e. The van der Waals surface area contributed by atoms with Crippen molar-refractivity contribution in [3.63, 3.8) is 0 Å². The predicted octanol–water partition coefficient (Wildman–Crippen LogP) is 2.48. The summed E-state index contributed by atoms with van der Waals surface area (Å²) >= 11 is 0. The molecule has 1 rings (SSSR count). The molecule has 0 amide bonds. The highest BCUT2D eigenvalue weighted by Crippen LogP contribution is 2.23. The standard InChI is InChI=1S/C10H18N2/c1-3-11-9-7-5-6-8-10(9)12-4-2/h3-4,9-10H,5-8H2,1-2H3/b11-3+,12-4+/t9-,10-/m1/s1. The predicted molar refractivity (Wildman–Crippen MR) is 54.4 cm³/mol. The third-order valence-corrected chi connectivity index (χ3v) is 2.38. The quantitative estimate of drug-likeness (QED) is 0.563. The summed E-state index contributed by atoms with van der Waals surface area (Å²) in [6, 6.07) is 0.917. The van der Waals surface area contributed by atoms with Gasteiger partial charge in [0.15, 0.2) is 0 Å². The van der Waals surface area contributed by atoms with Gasteiger partial charge in [0.2, 0.25) is 0 Å². The fourth-order valence-corrected chi connectivity index (χ4v) is 1.82. The normalized spacial score (nSPS) is 31.8. The van der Waals surface area contributed by atoms with Gasteiger partial charge in [-0.15, -0.1) is 0 Å². The van der Waals surface area contributed by atoms with Crippen LogP contribution in [0, 0.1) is 0 Å². The molecular formula is C10H18N2. The van der Waals surface area contributed by atoms with E-state index < -0.39 is 0 Å². The molecule has 12 heavy (non-hydrogen) atoms. The fraction of sp³-hybridized carbons (Fsp3) is 0.800. The molecule has 1 fully saturated rings. The zero-order valence-electron chi connectivity index (χ0n) is 8.03. The van der Waals surface area contributed by atoms with E-state index in [1.165, 1.54) is 25.7 Å². The van der Waals surface area contributed by atoms with Crippen LogP contribution >= 0.6 is 0 Å². The molecule has 0 unspecified atom stereocenters. The Morgan fingerprint density at radius 1 is 0.917 bits per heavy atom. The van der Waals surface area contributed by atoms with Crippen molar-refractivity contribution in [3.05, 3.63) is 0 Å². The molecule has 0 aromatic rings. The Morgan fingerprint density at radius 2 is 1.33 bits per heavy atom. The third kappa shape index (κ3) is 2.43. The minimum absolute atomic E-state index is 0.458. The average Bonchev–Trinajstić information content (AvgIpc) is 2.09. The van der Waals surface area contributed by atoms with Crippen molar-refractivity contribution < 1.29 is 0 Å². The first-order valence-corrected chi connectivity index (χ1v) is 4.84. The number of nitrogens with zero attached hydrogens (tertiary/aromatic N) is 2. The summed E-state index contributed by atoms with van der Waals surface area (Å²) in [6.07, 6.45) is 8.89. The molecule has 0 saturated heterocycles. The molecule has 0 aliphatic heterocycles. The largest absolute Gasteiger partial charge is 0.292 e. The fourth-order valence-electron chi connectivity index (χ4n) is 1.82. The van der Waals surface area contributed by atoms with Gasteiger partial charge in [-0.1, -0.05) is 12.8 Å². The van der Waals surface area contributed by atoms with Gasteiger partial charge in [-0.05, 0) is 39.1 Å². The number of hydrogen-bond acceptors (Lipinski definition) is 2. The first-order valence-electron chi connectivity index (χ1n) is 4.84. The van der Waals surface area contributed by atoms with Crippen LogP contribution in [0.5, 0.6) is 0 Å². The average molecular weight is 166 g/mol. The lowest BCUT2D eigenvalue weighted by Crippen LogP contribution is -2.26. The molecule has 1 aliphatic rings. The van der Waals surface area contributed by atoms with E-state index in [4.69, 9.17) is 0 Å². The Bertz CT molecular complexity index is 153. The van der Waals surface area contributed by atoms with Gasteiger partial charge in [0.1, 0.15) is 0 Å². The zero-order valence-corrected chi connectivity index (χ0v) is 8.03. The summed E-state index contributed by atoms with van der Waals surface area (Å²) in [5.74, 6) is 0. The van der Waals surface area contributed by atoms with Gasteiger partial charge in [-0.2, -0.15) is 0 Å². The smallest absolute Gasteiger partial charge is 0.0718 e. The van der Waals surface area contributed by atoms with Crippen LogP contribution in [-0.4, -0.2) is 24.5 Å². The van der Waals surface area contributed by atoms with E-state index in [2.05, 4.69) is 9.98 Å². The molecule has 68 valence electrons. The van der Waals surface area contributed by atoms with Gasteiger partial charge in [0, 0.05) is 0 Å². The molecule has 0 aromatic heterocycles. The summed E-state index contributed by atoms with van der Waals surface area (Å²) in [5, 5.41) is 0. The molecule has 0 bridgehead atoms. The van der Waals surface area contributed by atoms with Crippen LogP contribution in [0.2, 0.25) is 0 Å². The minimum Gasteiger partial charge on any atom is -0.292 e. The van der Waals surface area contributed by atoms with Crippen LogP contribution in [-0.2, 0) is 0 Å². The second-order valence-corrected chi connectivity index (χ2v) is 3.23. The highest BCUT2D eigenvalue weighted by atomic mass is 14.9. The minimum atomic E-state index is 0.458. The van der Waals surface area contributed by atoms with Crippen LogP contribution in [0.25, 0.3) is 0 Å². The van der Waals surface area contributed by atoms with Gasteiger partial charge >= 0.3 is 0 Å². The van der Waals surface area contributed by atoms with E-state index in [9.17, 15) is 0 Å². The first-order chi connectivity index (χ1) is 5.88. The summed E-state index contributed by atoms with van der Waals surface area (Å²) in [7, 11) is 0. The lowest BCUT2D eigenvalue weighted by molar-refractivity contribution is 0.390. The van der Waals surface area contributed by atoms with Crippen molar-refractivity contribution in [1.82, 2.24) is 0 Å². The molecule has 0 heterocycles. The van der Waals surface area contributed by atoms with Crippen molar-refractivity contribution in [2.24, 2.45) is 9.98 Å². The molecule has 0 aromatic carbocycles. The van der Waals surface area contributed by atoms with E-state index in [1.54, 1.807) is 0 Å². The molecule has 1 aliphatic carbocycles. The maximum absolute atomic E-state index is 4.44. The van der Waals surface area contributed by atoms with Crippen LogP contribution in [0.1, 0.15) is 39.5 Å². The Kier molecular flexibility index (Phi) is 3.98.